The van der Waals surface area contributed by atoms with E-state index in [0.717, 1.165) is 19.3 Å². The molecule has 0 spiro atoms. The summed E-state index contributed by atoms with van der Waals surface area (Å²) in [5.74, 6) is 0. The van der Waals surface area contributed by atoms with Gasteiger partial charge in [-0.05, 0) is 19.3 Å². The number of H-pyrrole nitrogens is 1. The molecule has 0 atom stereocenters. The van der Waals surface area contributed by atoms with Crippen molar-refractivity contribution in [3.63, 3.8) is 0 Å². The van der Waals surface area contributed by atoms with Crippen LogP contribution in [0.2, 0.25) is 0 Å². The Morgan fingerprint density at radius 1 is 1.60 bits per heavy atom. The fourth-order valence-corrected chi connectivity index (χ4v) is 1.19. The molecule has 0 amide bonds. The second-order valence-electron chi connectivity index (χ2n) is 2.74. The molecule has 1 aliphatic rings. The number of aromatic amines is 1. The van der Waals surface area contributed by atoms with Gasteiger partial charge in [0.15, 0.2) is 0 Å². The molecule has 4 nitrogen and oxygen atoms in total. The molecule has 2 rings (SSSR count). The van der Waals surface area contributed by atoms with Crippen LogP contribution in [0.4, 0.5) is 0 Å². The van der Waals surface area contributed by atoms with Crippen molar-refractivity contribution in [1.29, 1.82) is 0 Å². The maximum atomic E-state index is 9.65. The highest BCUT2D eigenvalue weighted by molar-refractivity contribution is 5.09. The van der Waals surface area contributed by atoms with Crippen LogP contribution in [0, 0.1) is 0 Å². The fourth-order valence-electron chi connectivity index (χ4n) is 1.19. The first kappa shape index (κ1) is 5.85. The van der Waals surface area contributed by atoms with Gasteiger partial charge in [-0.1, -0.05) is 0 Å². The Hall–Kier alpha value is -0.900. The molecular formula is C6H9N3O. The van der Waals surface area contributed by atoms with Crippen molar-refractivity contribution < 1.29 is 5.11 Å². The molecule has 1 aliphatic carbocycles. The van der Waals surface area contributed by atoms with Gasteiger partial charge in [0.05, 0.1) is 6.20 Å². The van der Waals surface area contributed by atoms with Gasteiger partial charge in [0.1, 0.15) is 11.3 Å². The molecule has 0 bridgehead atoms. The second kappa shape index (κ2) is 1.79. The van der Waals surface area contributed by atoms with E-state index in [4.69, 9.17) is 0 Å². The molecule has 1 aromatic rings. The number of aromatic nitrogens is 3. The van der Waals surface area contributed by atoms with Crippen molar-refractivity contribution in [2.75, 3.05) is 0 Å². The maximum absolute atomic E-state index is 9.65. The number of rotatable bonds is 1. The third kappa shape index (κ3) is 0.654. The van der Waals surface area contributed by atoms with E-state index in [0.29, 0.717) is 5.69 Å². The molecule has 54 valence electrons. The third-order valence-electron chi connectivity index (χ3n) is 2.07. The molecular weight excluding hydrogens is 130 g/mol. The van der Waals surface area contributed by atoms with Gasteiger partial charge in [-0.15, -0.1) is 0 Å². The molecule has 1 aromatic heterocycles. The van der Waals surface area contributed by atoms with Crippen molar-refractivity contribution in [3.8, 4) is 0 Å². The van der Waals surface area contributed by atoms with Gasteiger partial charge in [-0.3, -0.25) is 0 Å². The fraction of sp³-hybridized carbons (Fsp3) is 0.667. The normalized spacial score (nSPS) is 22.1. The summed E-state index contributed by atoms with van der Waals surface area (Å²) in [6.45, 7) is 0. The van der Waals surface area contributed by atoms with Crippen molar-refractivity contribution in [2.45, 2.75) is 24.9 Å². The predicted octanol–water partition coefficient (Wildman–Crippen LogP) is 0.176. The van der Waals surface area contributed by atoms with Gasteiger partial charge in [0.25, 0.3) is 0 Å². The van der Waals surface area contributed by atoms with E-state index < -0.39 is 5.60 Å². The highest BCUT2D eigenvalue weighted by Crippen LogP contribution is 2.39. The van der Waals surface area contributed by atoms with Crippen LogP contribution in [0.25, 0.3) is 0 Å². The Bertz CT molecular complexity index is 215. The lowest BCUT2D eigenvalue weighted by molar-refractivity contribution is -0.0426. The molecule has 0 aromatic carbocycles. The van der Waals surface area contributed by atoms with Gasteiger partial charge in [0.2, 0.25) is 0 Å². The van der Waals surface area contributed by atoms with Gasteiger partial charge in [-0.25, -0.2) is 0 Å². The highest BCUT2D eigenvalue weighted by Gasteiger charge is 2.38. The summed E-state index contributed by atoms with van der Waals surface area (Å²) < 4.78 is 0. The highest BCUT2D eigenvalue weighted by atomic mass is 16.3. The number of hydrogen-bond donors (Lipinski definition) is 2. The summed E-state index contributed by atoms with van der Waals surface area (Å²) in [4.78, 5) is 0. The van der Waals surface area contributed by atoms with E-state index in [9.17, 15) is 5.11 Å². The van der Waals surface area contributed by atoms with E-state index in [2.05, 4.69) is 15.4 Å². The summed E-state index contributed by atoms with van der Waals surface area (Å²) in [5, 5.41) is 19.6. The zero-order valence-corrected chi connectivity index (χ0v) is 5.54. The zero-order valence-electron chi connectivity index (χ0n) is 5.54. The van der Waals surface area contributed by atoms with Gasteiger partial charge in [-0.2, -0.15) is 15.4 Å². The van der Waals surface area contributed by atoms with E-state index >= 15 is 0 Å². The summed E-state index contributed by atoms with van der Waals surface area (Å²) in [5.41, 5.74) is 0.0197. The monoisotopic (exact) mass is 139 g/mol. The Morgan fingerprint density at radius 3 is 2.80 bits per heavy atom. The van der Waals surface area contributed by atoms with Gasteiger partial charge in [0, 0.05) is 0 Å². The van der Waals surface area contributed by atoms with E-state index in [1.54, 1.807) is 6.20 Å². The minimum atomic E-state index is -0.660. The smallest absolute Gasteiger partial charge is 0.114 e. The molecule has 0 saturated heterocycles. The largest absolute Gasteiger partial charge is 0.383 e. The molecule has 10 heavy (non-hydrogen) atoms. The van der Waals surface area contributed by atoms with E-state index in [1.807, 2.05) is 0 Å². The van der Waals surface area contributed by atoms with Crippen LogP contribution < -0.4 is 0 Å². The molecule has 2 N–H and O–H groups in total. The molecule has 0 radical (unpaired) electrons. The van der Waals surface area contributed by atoms with Crippen molar-refractivity contribution >= 4 is 0 Å². The lowest BCUT2D eigenvalue weighted by atomic mass is 9.78. The molecule has 0 aliphatic heterocycles. The van der Waals surface area contributed by atoms with Crippen molar-refractivity contribution in [2.24, 2.45) is 0 Å². The average Bonchev–Trinajstić information content (AvgIpc) is 2.33. The topological polar surface area (TPSA) is 61.8 Å². The average molecular weight is 139 g/mol. The molecule has 1 saturated carbocycles. The van der Waals surface area contributed by atoms with Crippen molar-refractivity contribution in [1.82, 2.24) is 15.4 Å². The van der Waals surface area contributed by atoms with Crippen LogP contribution in [0.15, 0.2) is 6.20 Å². The number of nitrogens with zero attached hydrogens (tertiary/aromatic N) is 2. The molecule has 4 heteroatoms. The van der Waals surface area contributed by atoms with E-state index in [-0.39, 0.29) is 0 Å². The van der Waals surface area contributed by atoms with Gasteiger partial charge >= 0.3 is 0 Å². The standard InChI is InChI=1S/C6H9N3O/c10-6(2-1-3-6)5-4-7-9-8-5/h4,10H,1-3H2,(H,7,8,9). The Balaban J connectivity index is 2.27. The Kier molecular flexibility index (Phi) is 1.05. The first-order chi connectivity index (χ1) is 4.81. The van der Waals surface area contributed by atoms with Crippen LogP contribution in [0.5, 0.6) is 0 Å². The minimum Gasteiger partial charge on any atom is -0.383 e. The van der Waals surface area contributed by atoms with Crippen LogP contribution in [-0.4, -0.2) is 20.5 Å². The Labute approximate surface area is 58.3 Å². The zero-order chi connectivity index (χ0) is 7.03. The number of hydrogen-bond acceptors (Lipinski definition) is 3. The van der Waals surface area contributed by atoms with Crippen molar-refractivity contribution in [3.05, 3.63) is 11.9 Å². The van der Waals surface area contributed by atoms with Crippen LogP contribution >= 0.6 is 0 Å². The minimum absolute atomic E-state index is 0.660. The lowest BCUT2D eigenvalue weighted by Crippen LogP contribution is -2.33. The number of nitrogens with one attached hydrogen (secondary N) is 1. The quantitative estimate of drug-likeness (QED) is 0.583. The summed E-state index contributed by atoms with van der Waals surface area (Å²) >= 11 is 0. The lowest BCUT2D eigenvalue weighted by Gasteiger charge is -2.34. The predicted molar refractivity (Wildman–Crippen MR) is 34.1 cm³/mol. The van der Waals surface area contributed by atoms with Crippen LogP contribution in [-0.2, 0) is 5.60 Å². The van der Waals surface area contributed by atoms with Crippen LogP contribution in [0.1, 0.15) is 25.0 Å². The molecule has 1 heterocycles. The summed E-state index contributed by atoms with van der Waals surface area (Å²) in [7, 11) is 0. The second-order valence-corrected chi connectivity index (χ2v) is 2.74. The summed E-state index contributed by atoms with van der Waals surface area (Å²) in [6, 6.07) is 0. The third-order valence-corrected chi connectivity index (χ3v) is 2.07. The first-order valence-electron chi connectivity index (χ1n) is 3.40. The summed E-state index contributed by atoms with van der Waals surface area (Å²) in [6.07, 6.45) is 4.31. The van der Waals surface area contributed by atoms with Gasteiger partial charge < -0.3 is 5.11 Å². The van der Waals surface area contributed by atoms with Crippen LogP contribution in [0.3, 0.4) is 0 Å². The first-order valence-corrected chi connectivity index (χ1v) is 3.40. The maximum Gasteiger partial charge on any atom is 0.114 e. The molecule has 0 unspecified atom stereocenters. The molecule has 1 fully saturated rings. The van der Waals surface area contributed by atoms with E-state index in [1.165, 1.54) is 0 Å². The Morgan fingerprint density at radius 2 is 2.40 bits per heavy atom. The SMILES string of the molecule is OC1(c2cn[nH]n2)CCC1. The number of aliphatic hydroxyl groups is 1.